The Kier molecular flexibility index (Phi) is 5.22. The zero-order valence-corrected chi connectivity index (χ0v) is 14.9. The first-order valence-corrected chi connectivity index (χ1v) is 8.12. The van der Waals surface area contributed by atoms with Crippen molar-refractivity contribution in [2.45, 2.75) is 6.92 Å². The Hall–Kier alpha value is -3.28. The minimum atomic E-state index is -0.278. The summed E-state index contributed by atoms with van der Waals surface area (Å²) < 4.78 is 16.3. The lowest BCUT2D eigenvalue weighted by Gasteiger charge is -2.13. The molecule has 0 fully saturated rings. The van der Waals surface area contributed by atoms with Crippen LogP contribution in [-0.2, 0) is 4.79 Å². The molecule has 1 amide bonds. The maximum Gasteiger partial charge on any atom is 0.262 e. The van der Waals surface area contributed by atoms with Gasteiger partial charge in [-0.15, -0.1) is 0 Å². The number of benzene rings is 2. The fourth-order valence-electron chi connectivity index (χ4n) is 2.67. The molecule has 1 heterocycles. The van der Waals surface area contributed by atoms with Crippen molar-refractivity contribution >= 4 is 22.5 Å². The second kappa shape index (κ2) is 7.74. The largest absolute Gasteiger partial charge is 0.495 e. The molecule has 1 N–H and O–H groups in total. The van der Waals surface area contributed by atoms with Crippen LogP contribution in [0.1, 0.15) is 5.69 Å². The number of hydrogen-bond acceptors (Lipinski definition) is 5. The van der Waals surface area contributed by atoms with Gasteiger partial charge in [0, 0.05) is 17.1 Å². The second-order valence-corrected chi connectivity index (χ2v) is 5.66. The van der Waals surface area contributed by atoms with Gasteiger partial charge in [-0.3, -0.25) is 4.79 Å². The van der Waals surface area contributed by atoms with Crippen molar-refractivity contribution in [3.8, 4) is 17.2 Å². The zero-order valence-electron chi connectivity index (χ0n) is 14.9. The predicted molar refractivity (Wildman–Crippen MR) is 100 cm³/mol. The first kappa shape index (κ1) is 17.5. The van der Waals surface area contributed by atoms with Crippen LogP contribution < -0.4 is 19.5 Å². The fraction of sp³-hybridized carbons (Fsp3) is 0.200. The maximum atomic E-state index is 12.3. The van der Waals surface area contributed by atoms with E-state index >= 15 is 0 Å². The summed E-state index contributed by atoms with van der Waals surface area (Å²) in [5.74, 6) is 1.56. The van der Waals surface area contributed by atoms with E-state index in [1.54, 1.807) is 32.4 Å². The van der Waals surface area contributed by atoms with Crippen LogP contribution in [0.3, 0.4) is 0 Å². The topological polar surface area (TPSA) is 69.7 Å². The molecule has 6 nitrogen and oxygen atoms in total. The van der Waals surface area contributed by atoms with Gasteiger partial charge in [0.1, 0.15) is 22.8 Å². The lowest BCUT2D eigenvalue weighted by molar-refractivity contribution is -0.118. The van der Waals surface area contributed by atoms with Gasteiger partial charge in [-0.05, 0) is 31.2 Å². The van der Waals surface area contributed by atoms with E-state index in [9.17, 15) is 4.79 Å². The molecule has 0 aliphatic rings. The summed E-state index contributed by atoms with van der Waals surface area (Å²) in [5.41, 5.74) is 2.08. The summed E-state index contributed by atoms with van der Waals surface area (Å²) in [6, 6.07) is 14.6. The maximum absolute atomic E-state index is 12.3. The van der Waals surface area contributed by atoms with E-state index in [0.29, 0.717) is 28.5 Å². The van der Waals surface area contributed by atoms with Crippen molar-refractivity contribution < 1.29 is 19.0 Å². The summed E-state index contributed by atoms with van der Waals surface area (Å²) in [5, 5.41) is 3.58. The monoisotopic (exact) mass is 352 g/mol. The number of nitrogens with one attached hydrogen (secondary N) is 1. The van der Waals surface area contributed by atoms with E-state index in [4.69, 9.17) is 14.2 Å². The van der Waals surface area contributed by atoms with E-state index in [1.165, 1.54) is 0 Å². The number of carbonyl (C=O) groups excluding carboxylic acids is 1. The molecule has 0 unspecified atom stereocenters. The van der Waals surface area contributed by atoms with E-state index in [1.807, 2.05) is 37.3 Å². The van der Waals surface area contributed by atoms with E-state index in [2.05, 4.69) is 10.3 Å². The molecule has 2 aromatic carbocycles. The molecule has 0 bridgehead atoms. The Morgan fingerprint density at radius 3 is 2.50 bits per heavy atom. The van der Waals surface area contributed by atoms with Crippen molar-refractivity contribution in [3.63, 3.8) is 0 Å². The molecule has 6 heteroatoms. The number of aromatic nitrogens is 1. The number of ether oxygens (including phenoxy) is 3. The number of nitrogens with zero attached hydrogens (tertiary/aromatic N) is 1. The standard InChI is InChI=1S/C20H20N2O4/c1-13-11-18(14-7-6-10-17(25-3)20(14)21-13)26-12-19(23)22-15-8-4-5-9-16(15)24-2/h4-11H,12H2,1-3H3,(H,22,23). The molecular weight excluding hydrogens is 332 g/mol. The smallest absolute Gasteiger partial charge is 0.262 e. The zero-order chi connectivity index (χ0) is 18.5. The minimum Gasteiger partial charge on any atom is -0.495 e. The third kappa shape index (κ3) is 3.69. The van der Waals surface area contributed by atoms with Crippen molar-refractivity contribution in [1.82, 2.24) is 4.98 Å². The van der Waals surface area contributed by atoms with Gasteiger partial charge in [0.05, 0.1) is 19.9 Å². The van der Waals surface area contributed by atoms with E-state index < -0.39 is 0 Å². The summed E-state index contributed by atoms with van der Waals surface area (Å²) in [6.45, 7) is 1.74. The number of fused-ring (bicyclic) bond motifs is 1. The summed E-state index contributed by atoms with van der Waals surface area (Å²) in [6.07, 6.45) is 0. The molecule has 0 aliphatic heterocycles. The first-order chi connectivity index (χ1) is 12.6. The van der Waals surface area contributed by atoms with Crippen molar-refractivity contribution in [2.75, 3.05) is 26.1 Å². The minimum absolute atomic E-state index is 0.131. The van der Waals surface area contributed by atoms with Gasteiger partial charge in [-0.2, -0.15) is 0 Å². The van der Waals surface area contributed by atoms with Gasteiger partial charge in [-0.25, -0.2) is 4.98 Å². The number of rotatable bonds is 6. The van der Waals surface area contributed by atoms with Crippen LogP contribution in [0, 0.1) is 6.92 Å². The lowest BCUT2D eigenvalue weighted by atomic mass is 10.1. The number of amides is 1. The van der Waals surface area contributed by atoms with Crippen LogP contribution in [0.5, 0.6) is 17.2 Å². The van der Waals surface area contributed by atoms with E-state index in [-0.39, 0.29) is 12.5 Å². The van der Waals surface area contributed by atoms with Gasteiger partial charge >= 0.3 is 0 Å². The Balaban J connectivity index is 1.78. The van der Waals surface area contributed by atoms with Crippen molar-refractivity contribution in [2.24, 2.45) is 0 Å². The number of para-hydroxylation sites is 3. The molecule has 0 atom stereocenters. The van der Waals surface area contributed by atoms with Gasteiger partial charge < -0.3 is 19.5 Å². The molecule has 0 spiro atoms. The summed E-state index contributed by atoms with van der Waals surface area (Å²) in [7, 11) is 3.15. The number of anilines is 1. The third-order valence-electron chi connectivity index (χ3n) is 3.85. The van der Waals surface area contributed by atoms with Crippen molar-refractivity contribution in [1.29, 1.82) is 0 Å². The van der Waals surface area contributed by atoms with Gasteiger partial charge in [0.15, 0.2) is 6.61 Å². The van der Waals surface area contributed by atoms with Crippen LogP contribution in [-0.4, -0.2) is 31.7 Å². The van der Waals surface area contributed by atoms with Crippen LogP contribution in [0.4, 0.5) is 5.69 Å². The normalized spacial score (nSPS) is 10.4. The lowest BCUT2D eigenvalue weighted by Crippen LogP contribution is -2.20. The third-order valence-corrected chi connectivity index (χ3v) is 3.85. The molecule has 0 saturated heterocycles. The highest BCUT2D eigenvalue weighted by molar-refractivity contribution is 5.94. The molecule has 134 valence electrons. The van der Waals surface area contributed by atoms with Crippen LogP contribution in [0.25, 0.3) is 10.9 Å². The van der Waals surface area contributed by atoms with Gasteiger partial charge in [0.25, 0.3) is 5.91 Å². The highest BCUT2D eigenvalue weighted by Crippen LogP contribution is 2.31. The molecule has 0 aliphatic carbocycles. The number of methoxy groups -OCH3 is 2. The Morgan fingerprint density at radius 1 is 1.00 bits per heavy atom. The number of hydrogen-bond donors (Lipinski definition) is 1. The summed E-state index contributed by atoms with van der Waals surface area (Å²) >= 11 is 0. The molecule has 0 radical (unpaired) electrons. The molecular formula is C20H20N2O4. The Bertz CT molecular complexity index is 940. The predicted octanol–water partition coefficient (Wildman–Crippen LogP) is 3.58. The SMILES string of the molecule is COc1ccccc1NC(=O)COc1cc(C)nc2c(OC)cccc12. The first-order valence-electron chi connectivity index (χ1n) is 8.12. The highest BCUT2D eigenvalue weighted by Gasteiger charge is 2.12. The molecule has 0 saturated carbocycles. The average Bonchev–Trinajstić information content (AvgIpc) is 2.66. The van der Waals surface area contributed by atoms with Gasteiger partial charge in [-0.1, -0.05) is 18.2 Å². The average molecular weight is 352 g/mol. The van der Waals surface area contributed by atoms with Crippen LogP contribution in [0.2, 0.25) is 0 Å². The number of carbonyl (C=O) groups is 1. The Labute approximate surface area is 151 Å². The molecule has 1 aromatic heterocycles. The fourth-order valence-corrected chi connectivity index (χ4v) is 2.67. The summed E-state index contributed by atoms with van der Waals surface area (Å²) in [4.78, 5) is 16.8. The highest BCUT2D eigenvalue weighted by atomic mass is 16.5. The Morgan fingerprint density at radius 2 is 1.73 bits per heavy atom. The van der Waals surface area contributed by atoms with Crippen molar-refractivity contribution in [3.05, 3.63) is 54.2 Å². The quantitative estimate of drug-likeness (QED) is 0.734. The molecule has 3 aromatic rings. The van der Waals surface area contributed by atoms with Crippen LogP contribution >= 0.6 is 0 Å². The van der Waals surface area contributed by atoms with E-state index in [0.717, 1.165) is 11.1 Å². The van der Waals surface area contributed by atoms with Gasteiger partial charge in [0.2, 0.25) is 0 Å². The molecule has 26 heavy (non-hydrogen) atoms. The second-order valence-electron chi connectivity index (χ2n) is 5.66. The number of pyridine rings is 1. The van der Waals surface area contributed by atoms with Crippen LogP contribution in [0.15, 0.2) is 48.5 Å². The number of aryl methyl sites for hydroxylation is 1. The molecule has 3 rings (SSSR count).